The zero-order chi connectivity index (χ0) is 16.9. The van der Waals surface area contributed by atoms with E-state index in [1.165, 1.54) is 0 Å². The van der Waals surface area contributed by atoms with Gasteiger partial charge in [0.25, 0.3) is 0 Å². The maximum atomic E-state index is 11.9. The van der Waals surface area contributed by atoms with Gasteiger partial charge < -0.3 is 10.1 Å². The summed E-state index contributed by atoms with van der Waals surface area (Å²) in [5, 5.41) is 7.36. The van der Waals surface area contributed by atoms with E-state index < -0.39 is 0 Å². The molecule has 1 aliphatic heterocycles. The lowest BCUT2D eigenvalue weighted by atomic mass is 10.1. The fraction of sp³-hybridized carbons (Fsp3) is 0.500. The lowest BCUT2D eigenvalue weighted by molar-refractivity contribution is -0.121. The Morgan fingerprint density at radius 1 is 1.42 bits per heavy atom. The molecule has 1 amide bonds. The molecule has 1 fully saturated rings. The second-order valence-corrected chi connectivity index (χ2v) is 6.31. The summed E-state index contributed by atoms with van der Waals surface area (Å²) in [6.07, 6.45) is 5.55. The minimum atomic E-state index is 0.0631. The highest BCUT2D eigenvalue weighted by Crippen LogP contribution is 2.16. The summed E-state index contributed by atoms with van der Waals surface area (Å²) in [6, 6.07) is 5.91. The Hall–Kier alpha value is -2.21. The first kappa shape index (κ1) is 16.6. The predicted molar refractivity (Wildman–Crippen MR) is 90.9 cm³/mol. The number of nitrogens with one attached hydrogen (secondary N) is 1. The van der Waals surface area contributed by atoms with Gasteiger partial charge in [-0.1, -0.05) is 6.07 Å². The zero-order valence-corrected chi connectivity index (χ0v) is 14.3. The van der Waals surface area contributed by atoms with Crippen molar-refractivity contribution in [3.63, 3.8) is 0 Å². The van der Waals surface area contributed by atoms with Crippen molar-refractivity contribution in [1.82, 2.24) is 20.1 Å². The average molecular weight is 328 g/mol. The summed E-state index contributed by atoms with van der Waals surface area (Å²) in [4.78, 5) is 16.3. The largest absolute Gasteiger partial charge is 0.378 e. The van der Waals surface area contributed by atoms with Crippen LogP contribution in [0.25, 0.3) is 5.82 Å². The molecule has 6 nitrogen and oxygen atoms in total. The van der Waals surface area contributed by atoms with Crippen LogP contribution in [0.15, 0.2) is 24.4 Å². The molecule has 0 spiro atoms. The molecule has 0 aliphatic carbocycles. The van der Waals surface area contributed by atoms with E-state index in [2.05, 4.69) is 15.4 Å². The van der Waals surface area contributed by atoms with Gasteiger partial charge in [0.05, 0.1) is 11.8 Å². The average Bonchev–Trinajstić information content (AvgIpc) is 3.21. The fourth-order valence-electron chi connectivity index (χ4n) is 2.96. The van der Waals surface area contributed by atoms with Crippen molar-refractivity contribution in [2.24, 2.45) is 0 Å². The Balaban J connectivity index is 1.49. The second kappa shape index (κ2) is 7.57. The van der Waals surface area contributed by atoms with E-state index >= 15 is 0 Å². The van der Waals surface area contributed by atoms with Crippen molar-refractivity contribution < 1.29 is 9.53 Å². The van der Waals surface area contributed by atoms with Gasteiger partial charge in [-0.3, -0.25) is 4.79 Å². The number of rotatable bonds is 6. The van der Waals surface area contributed by atoms with Crippen LogP contribution in [0, 0.1) is 13.8 Å². The van der Waals surface area contributed by atoms with Crippen LogP contribution in [-0.2, 0) is 16.1 Å². The molecule has 0 saturated carbocycles. The van der Waals surface area contributed by atoms with E-state index in [4.69, 9.17) is 4.74 Å². The Morgan fingerprint density at radius 2 is 2.29 bits per heavy atom. The molecule has 128 valence electrons. The fourth-order valence-corrected chi connectivity index (χ4v) is 2.96. The topological polar surface area (TPSA) is 69.0 Å². The standard InChI is InChI=1S/C18H24N4O2/c1-13-10-14(2)22(21-13)17-7-5-15(11-19-17)12-20-18(23)8-6-16-4-3-9-24-16/h5,7,10-11,16H,3-4,6,8-9,12H2,1-2H3,(H,20,23). The molecular weight excluding hydrogens is 304 g/mol. The Kier molecular flexibility index (Phi) is 5.25. The van der Waals surface area contributed by atoms with Crippen molar-refractivity contribution in [3.8, 4) is 5.82 Å². The van der Waals surface area contributed by atoms with Crippen LogP contribution in [-0.4, -0.2) is 33.4 Å². The van der Waals surface area contributed by atoms with Gasteiger partial charge in [0.1, 0.15) is 0 Å². The van der Waals surface area contributed by atoms with Crippen molar-refractivity contribution in [2.45, 2.75) is 52.2 Å². The number of hydrogen-bond donors (Lipinski definition) is 1. The molecule has 1 atom stereocenters. The van der Waals surface area contributed by atoms with Gasteiger partial charge in [0.2, 0.25) is 5.91 Å². The smallest absolute Gasteiger partial charge is 0.220 e. The van der Waals surface area contributed by atoms with Crippen LogP contribution in [0.1, 0.15) is 42.6 Å². The minimum Gasteiger partial charge on any atom is -0.378 e. The molecule has 1 unspecified atom stereocenters. The van der Waals surface area contributed by atoms with Gasteiger partial charge in [-0.25, -0.2) is 9.67 Å². The molecule has 1 saturated heterocycles. The number of pyridine rings is 1. The molecule has 3 rings (SSSR count). The maximum absolute atomic E-state index is 11.9. The lowest BCUT2D eigenvalue weighted by Gasteiger charge is -2.10. The lowest BCUT2D eigenvalue weighted by Crippen LogP contribution is -2.24. The molecule has 1 N–H and O–H groups in total. The van der Waals surface area contributed by atoms with Gasteiger partial charge in [0, 0.05) is 31.5 Å². The first-order valence-corrected chi connectivity index (χ1v) is 8.48. The number of carbonyl (C=O) groups is 1. The Bertz CT molecular complexity index is 688. The Morgan fingerprint density at radius 3 is 2.92 bits per heavy atom. The molecule has 6 heteroatoms. The van der Waals surface area contributed by atoms with Gasteiger partial charge >= 0.3 is 0 Å². The first-order valence-electron chi connectivity index (χ1n) is 8.48. The van der Waals surface area contributed by atoms with E-state index in [0.717, 1.165) is 48.6 Å². The van der Waals surface area contributed by atoms with Gasteiger partial charge in [-0.05, 0) is 50.8 Å². The van der Waals surface area contributed by atoms with Gasteiger partial charge in [-0.15, -0.1) is 0 Å². The van der Waals surface area contributed by atoms with Crippen molar-refractivity contribution in [2.75, 3.05) is 6.61 Å². The highest BCUT2D eigenvalue weighted by atomic mass is 16.5. The summed E-state index contributed by atoms with van der Waals surface area (Å²) < 4.78 is 7.35. The molecule has 3 heterocycles. The zero-order valence-electron chi connectivity index (χ0n) is 14.3. The predicted octanol–water partition coefficient (Wildman–Crippen LogP) is 2.46. The summed E-state index contributed by atoms with van der Waals surface area (Å²) in [6.45, 7) is 5.29. The maximum Gasteiger partial charge on any atom is 0.220 e. The van der Waals surface area contributed by atoms with Crippen LogP contribution < -0.4 is 5.32 Å². The van der Waals surface area contributed by atoms with Crippen LogP contribution in [0.3, 0.4) is 0 Å². The molecular formula is C18H24N4O2. The minimum absolute atomic E-state index is 0.0631. The first-order chi connectivity index (χ1) is 11.6. The number of nitrogens with zero attached hydrogens (tertiary/aromatic N) is 3. The summed E-state index contributed by atoms with van der Waals surface area (Å²) in [5.74, 6) is 0.849. The normalized spacial score (nSPS) is 17.2. The van der Waals surface area contributed by atoms with E-state index in [1.807, 2.05) is 36.7 Å². The van der Waals surface area contributed by atoms with Crippen molar-refractivity contribution in [3.05, 3.63) is 41.3 Å². The molecule has 0 aromatic carbocycles. The van der Waals surface area contributed by atoms with Gasteiger partial charge in [-0.2, -0.15) is 5.10 Å². The molecule has 0 radical (unpaired) electrons. The summed E-state index contributed by atoms with van der Waals surface area (Å²) in [5.41, 5.74) is 3.00. The third kappa shape index (κ3) is 4.20. The van der Waals surface area contributed by atoms with Crippen molar-refractivity contribution >= 4 is 5.91 Å². The highest BCUT2D eigenvalue weighted by Gasteiger charge is 2.16. The van der Waals surface area contributed by atoms with E-state index in [1.54, 1.807) is 6.20 Å². The molecule has 1 aliphatic rings. The van der Waals surface area contributed by atoms with E-state index in [9.17, 15) is 4.79 Å². The third-order valence-corrected chi connectivity index (χ3v) is 4.24. The van der Waals surface area contributed by atoms with Crippen LogP contribution in [0.2, 0.25) is 0 Å². The van der Waals surface area contributed by atoms with Crippen LogP contribution in [0.5, 0.6) is 0 Å². The van der Waals surface area contributed by atoms with Crippen molar-refractivity contribution in [1.29, 1.82) is 0 Å². The number of carbonyl (C=O) groups excluding carboxylic acids is 1. The number of aryl methyl sites for hydroxylation is 2. The number of ether oxygens (including phenoxy) is 1. The van der Waals surface area contributed by atoms with E-state index in [0.29, 0.717) is 13.0 Å². The van der Waals surface area contributed by atoms with Crippen LogP contribution >= 0.6 is 0 Å². The molecule has 2 aromatic rings. The quantitative estimate of drug-likeness (QED) is 0.884. The molecule has 0 bridgehead atoms. The number of aromatic nitrogens is 3. The second-order valence-electron chi connectivity index (χ2n) is 6.31. The number of hydrogen-bond acceptors (Lipinski definition) is 4. The molecule has 2 aromatic heterocycles. The van der Waals surface area contributed by atoms with E-state index in [-0.39, 0.29) is 12.0 Å². The Labute approximate surface area is 142 Å². The summed E-state index contributed by atoms with van der Waals surface area (Å²) >= 11 is 0. The molecule has 24 heavy (non-hydrogen) atoms. The monoisotopic (exact) mass is 328 g/mol. The highest BCUT2D eigenvalue weighted by molar-refractivity contribution is 5.75. The third-order valence-electron chi connectivity index (χ3n) is 4.24. The van der Waals surface area contributed by atoms with Gasteiger partial charge in [0.15, 0.2) is 5.82 Å². The van der Waals surface area contributed by atoms with Crippen LogP contribution in [0.4, 0.5) is 0 Å². The number of amides is 1. The SMILES string of the molecule is Cc1cc(C)n(-c2ccc(CNC(=O)CCC3CCCO3)cn2)n1. The summed E-state index contributed by atoms with van der Waals surface area (Å²) in [7, 11) is 0.